The van der Waals surface area contributed by atoms with Crippen molar-refractivity contribution < 1.29 is 4.79 Å². The predicted octanol–water partition coefficient (Wildman–Crippen LogP) is 1.85. The van der Waals surface area contributed by atoms with Crippen molar-refractivity contribution in [1.82, 2.24) is 15.1 Å². The monoisotopic (exact) mass is 293 g/mol. The molecule has 0 aromatic heterocycles. The molecule has 4 nitrogen and oxygen atoms in total. The van der Waals surface area contributed by atoms with Gasteiger partial charge in [0.2, 0.25) is 5.91 Å². The van der Waals surface area contributed by atoms with E-state index in [9.17, 15) is 4.79 Å². The van der Waals surface area contributed by atoms with Crippen LogP contribution in [0.5, 0.6) is 0 Å². The van der Waals surface area contributed by atoms with Gasteiger partial charge in [-0.05, 0) is 83.6 Å². The molecule has 3 aliphatic rings. The third-order valence-electron chi connectivity index (χ3n) is 5.72. The van der Waals surface area contributed by atoms with Gasteiger partial charge in [0, 0.05) is 19.0 Å². The maximum atomic E-state index is 11.4. The largest absolute Gasteiger partial charge is 0.356 e. The van der Waals surface area contributed by atoms with Gasteiger partial charge in [-0.1, -0.05) is 0 Å². The lowest BCUT2D eigenvalue weighted by Crippen LogP contribution is -2.42. The first-order valence-corrected chi connectivity index (χ1v) is 9.04. The Hall–Kier alpha value is -0.610. The molecule has 3 rings (SSSR count). The van der Waals surface area contributed by atoms with Crippen LogP contribution in [0.1, 0.15) is 51.4 Å². The molecule has 1 amide bonds. The summed E-state index contributed by atoms with van der Waals surface area (Å²) in [5, 5.41) is 3.00. The van der Waals surface area contributed by atoms with Crippen molar-refractivity contribution in [1.29, 1.82) is 0 Å². The van der Waals surface area contributed by atoms with Gasteiger partial charge in [0.15, 0.2) is 0 Å². The van der Waals surface area contributed by atoms with Gasteiger partial charge in [-0.15, -0.1) is 0 Å². The van der Waals surface area contributed by atoms with Gasteiger partial charge in [-0.25, -0.2) is 0 Å². The van der Waals surface area contributed by atoms with Gasteiger partial charge < -0.3 is 15.1 Å². The Kier molecular flexibility index (Phi) is 5.53. The molecule has 1 N–H and O–H groups in total. The molecule has 3 aliphatic heterocycles. The number of amides is 1. The van der Waals surface area contributed by atoms with Crippen LogP contribution in [0.4, 0.5) is 0 Å². The fraction of sp³-hybridized carbons (Fsp3) is 0.941. The third kappa shape index (κ3) is 4.43. The van der Waals surface area contributed by atoms with E-state index in [0.29, 0.717) is 6.04 Å². The second kappa shape index (κ2) is 7.59. The molecular formula is C17H31N3O. The number of carbonyl (C=O) groups is 1. The summed E-state index contributed by atoms with van der Waals surface area (Å²) in [5.41, 5.74) is 0. The molecule has 3 fully saturated rings. The van der Waals surface area contributed by atoms with Crippen molar-refractivity contribution in [3.05, 3.63) is 0 Å². The van der Waals surface area contributed by atoms with E-state index in [1.807, 2.05) is 0 Å². The lowest BCUT2D eigenvalue weighted by atomic mass is 9.91. The average molecular weight is 293 g/mol. The number of carbonyl (C=O) groups excluding carboxylic acids is 1. The van der Waals surface area contributed by atoms with Gasteiger partial charge >= 0.3 is 0 Å². The van der Waals surface area contributed by atoms with Crippen LogP contribution >= 0.6 is 0 Å². The van der Waals surface area contributed by atoms with E-state index in [2.05, 4.69) is 15.1 Å². The topological polar surface area (TPSA) is 35.6 Å². The first-order chi connectivity index (χ1) is 10.3. The summed E-state index contributed by atoms with van der Waals surface area (Å²) in [7, 11) is 0. The molecule has 0 spiro atoms. The summed E-state index contributed by atoms with van der Waals surface area (Å²) in [4.78, 5) is 16.7. The molecule has 4 heteroatoms. The van der Waals surface area contributed by atoms with Gasteiger partial charge in [0.1, 0.15) is 0 Å². The zero-order valence-corrected chi connectivity index (χ0v) is 13.4. The van der Waals surface area contributed by atoms with Crippen LogP contribution < -0.4 is 5.32 Å². The highest BCUT2D eigenvalue weighted by Gasteiger charge is 2.27. The predicted molar refractivity (Wildman–Crippen MR) is 85.2 cm³/mol. The van der Waals surface area contributed by atoms with Crippen LogP contribution in [0.3, 0.4) is 0 Å². The number of hydrogen-bond donors (Lipinski definition) is 1. The number of piperidine rings is 1. The number of likely N-dealkylation sites (tertiary alicyclic amines) is 2. The second-order valence-electron chi connectivity index (χ2n) is 7.15. The van der Waals surface area contributed by atoms with Crippen molar-refractivity contribution in [2.75, 3.05) is 39.3 Å². The SMILES string of the molecule is O=C1CCC(N2CCC(CCN3CCCC3)CC2)CCN1. The van der Waals surface area contributed by atoms with Crippen molar-refractivity contribution in [3.63, 3.8) is 0 Å². The minimum absolute atomic E-state index is 0.248. The zero-order valence-electron chi connectivity index (χ0n) is 13.4. The summed E-state index contributed by atoms with van der Waals surface area (Å²) in [6.07, 6.45) is 9.88. The number of nitrogens with zero attached hydrogens (tertiary/aromatic N) is 2. The Morgan fingerprint density at radius 2 is 1.76 bits per heavy atom. The van der Waals surface area contributed by atoms with Crippen LogP contribution in [0, 0.1) is 5.92 Å². The molecule has 0 aromatic carbocycles. The summed E-state index contributed by atoms with van der Waals surface area (Å²) in [5.74, 6) is 1.19. The zero-order chi connectivity index (χ0) is 14.5. The minimum atomic E-state index is 0.248. The minimum Gasteiger partial charge on any atom is -0.356 e. The van der Waals surface area contributed by atoms with E-state index in [1.54, 1.807) is 0 Å². The van der Waals surface area contributed by atoms with Gasteiger partial charge in [0.05, 0.1) is 0 Å². The van der Waals surface area contributed by atoms with E-state index in [-0.39, 0.29) is 5.91 Å². The fourth-order valence-electron chi connectivity index (χ4n) is 4.25. The van der Waals surface area contributed by atoms with Crippen molar-refractivity contribution >= 4 is 5.91 Å². The average Bonchev–Trinajstić information content (AvgIpc) is 2.94. The Morgan fingerprint density at radius 3 is 2.52 bits per heavy atom. The highest BCUT2D eigenvalue weighted by atomic mass is 16.1. The van der Waals surface area contributed by atoms with Crippen LogP contribution in [-0.2, 0) is 4.79 Å². The Bertz CT molecular complexity index is 333. The molecular weight excluding hydrogens is 262 g/mol. The Morgan fingerprint density at radius 1 is 1.00 bits per heavy atom. The van der Waals surface area contributed by atoms with Crippen molar-refractivity contribution in [3.8, 4) is 0 Å². The van der Waals surface area contributed by atoms with Crippen LogP contribution in [0.2, 0.25) is 0 Å². The van der Waals surface area contributed by atoms with E-state index < -0.39 is 0 Å². The number of hydrogen-bond acceptors (Lipinski definition) is 3. The molecule has 0 bridgehead atoms. The molecule has 3 heterocycles. The van der Waals surface area contributed by atoms with Crippen LogP contribution in [0.15, 0.2) is 0 Å². The van der Waals surface area contributed by atoms with Crippen molar-refractivity contribution in [2.45, 2.75) is 57.4 Å². The van der Waals surface area contributed by atoms with E-state index in [1.165, 1.54) is 64.8 Å². The quantitative estimate of drug-likeness (QED) is 0.859. The molecule has 0 aromatic rings. The van der Waals surface area contributed by atoms with E-state index >= 15 is 0 Å². The summed E-state index contributed by atoms with van der Waals surface area (Å²) in [6.45, 7) is 7.38. The molecule has 3 saturated heterocycles. The van der Waals surface area contributed by atoms with Crippen molar-refractivity contribution in [2.24, 2.45) is 5.92 Å². The highest BCUT2D eigenvalue weighted by Crippen LogP contribution is 2.25. The maximum absolute atomic E-state index is 11.4. The molecule has 1 atom stereocenters. The summed E-state index contributed by atoms with van der Waals surface area (Å²) < 4.78 is 0. The first kappa shape index (κ1) is 15.3. The third-order valence-corrected chi connectivity index (χ3v) is 5.72. The Labute approximate surface area is 129 Å². The van der Waals surface area contributed by atoms with Crippen LogP contribution in [-0.4, -0.2) is 61.0 Å². The molecule has 21 heavy (non-hydrogen) atoms. The van der Waals surface area contributed by atoms with Crippen LogP contribution in [0.25, 0.3) is 0 Å². The van der Waals surface area contributed by atoms with E-state index in [4.69, 9.17) is 0 Å². The van der Waals surface area contributed by atoms with Gasteiger partial charge in [0.25, 0.3) is 0 Å². The Balaban J connectivity index is 1.37. The summed E-state index contributed by atoms with van der Waals surface area (Å²) in [6, 6.07) is 0.642. The normalized spacial score (nSPS) is 30.3. The highest BCUT2D eigenvalue weighted by molar-refractivity contribution is 5.76. The molecule has 0 saturated carbocycles. The standard InChI is InChI=1S/C17H31N3O/c21-17-4-3-16(5-9-18-17)20-13-7-15(8-14-20)6-12-19-10-1-2-11-19/h15-16H,1-14H2,(H,18,21). The lowest BCUT2D eigenvalue weighted by molar-refractivity contribution is -0.120. The maximum Gasteiger partial charge on any atom is 0.220 e. The first-order valence-electron chi connectivity index (χ1n) is 9.04. The molecule has 1 unspecified atom stereocenters. The smallest absolute Gasteiger partial charge is 0.220 e. The molecule has 0 aliphatic carbocycles. The van der Waals surface area contributed by atoms with E-state index in [0.717, 1.165) is 31.7 Å². The summed E-state index contributed by atoms with van der Waals surface area (Å²) >= 11 is 0. The fourth-order valence-corrected chi connectivity index (χ4v) is 4.25. The second-order valence-corrected chi connectivity index (χ2v) is 7.15. The number of rotatable bonds is 4. The molecule has 0 radical (unpaired) electrons. The number of nitrogens with one attached hydrogen (secondary N) is 1. The molecule has 120 valence electrons. The lowest BCUT2D eigenvalue weighted by Gasteiger charge is -2.37. The van der Waals surface area contributed by atoms with Gasteiger partial charge in [-0.3, -0.25) is 4.79 Å². The van der Waals surface area contributed by atoms with Gasteiger partial charge in [-0.2, -0.15) is 0 Å².